The Labute approximate surface area is 192 Å². The van der Waals surface area contributed by atoms with Gasteiger partial charge in [-0.25, -0.2) is 23.1 Å². The molecule has 0 spiro atoms. The SMILES string of the molecule is Nc1ncc(-c2cc(F)cc(F)c2)c(N2CCC(N)CC2)c1-c1nc2c(F)cc(Cl)cc2[nH]1. The zero-order valence-electron chi connectivity index (χ0n) is 17.4. The van der Waals surface area contributed by atoms with Gasteiger partial charge in [-0.1, -0.05) is 11.6 Å². The number of aromatic nitrogens is 3. The summed E-state index contributed by atoms with van der Waals surface area (Å²) in [5, 5.41) is 0.218. The smallest absolute Gasteiger partial charge is 0.152 e. The zero-order chi connectivity index (χ0) is 23.3. The molecule has 3 heterocycles. The molecule has 6 nitrogen and oxygen atoms in total. The Kier molecular flexibility index (Phi) is 5.38. The lowest BCUT2D eigenvalue weighted by atomic mass is 9.97. The second-order valence-corrected chi connectivity index (χ2v) is 8.57. The minimum absolute atomic E-state index is 0.0568. The number of benzene rings is 2. The van der Waals surface area contributed by atoms with Crippen molar-refractivity contribution in [3.05, 3.63) is 59.0 Å². The van der Waals surface area contributed by atoms with Crippen molar-refractivity contribution >= 4 is 34.1 Å². The van der Waals surface area contributed by atoms with Gasteiger partial charge in [0.1, 0.15) is 28.8 Å². The molecule has 0 radical (unpaired) electrons. The molecule has 1 saturated heterocycles. The minimum Gasteiger partial charge on any atom is -0.383 e. The number of nitrogen functional groups attached to an aromatic ring is 1. The number of hydrogen-bond donors (Lipinski definition) is 3. The lowest BCUT2D eigenvalue weighted by molar-refractivity contribution is 0.501. The van der Waals surface area contributed by atoms with Crippen LogP contribution in [0.4, 0.5) is 24.7 Å². The van der Waals surface area contributed by atoms with Crippen LogP contribution < -0.4 is 16.4 Å². The molecular formula is C23H20ClF3N6. The molecule has 5 rings (SSSR count). The van der Waals surface area contributed by atoms with Gasteiger partial charge < -0.3 is 21.4 Å². The molecule has 170 valence electrons. The molecule has 1 aliphatic rings. The summed E-state index contributed by atoms with van der Waals surface area (Å²) >= 11 is 6.00. The van der Waals surface area contributed by atoms with Crippen molar-refractivity contribution in [2.45, 2.75) is 18.9 Å². The maximum atomic E-state index is 14.5. The average molecular weight is 473 g/mol. The Morgan fingerprint density at radius 2 is 1.73 bits per heavy atom. The first-order valence-corrected chi connectivity index (χ1v) is 10.8. The monoisotopic (exact) mass is 472 g/mol. The largest absolute Gasteiger partial charge is 0.383 e. The van der Waals surface area contributed by atoms with Crippen molar-refractivity contribution in [2.24, 2.45) is 5.73 Å². The maximum Gasteiger partial charge on any atom is 0.152 e. The summed E-state index contributed by atoms with van der Waals surface area (Å²) < 4.78 is 42.6. The van der Waals surface area contributed by atoms with Crippen LogP contribution in [0.2, 0.25) is 5.02 Å². The predicted octanol–water partition coefficient (Wildman–Crippen LogP) is 4.87. The molecule has 0 saturated carbocycles. The lowest BCUT2D eigenvalue weighted by Crippen LogP contribution is -2.40. The molecule has 0 atom stereocenters. The van der Waals surface area contributed by atoms with Crippen LogP contribution in [0.25, 0.3) is 33.5 Å². The second kappa shape index (κ2) is 8.24. The minimum atomic E-state index is -0.713. The number of anilines is 2. The van der Waals surface area contributed by atoms with Crippen LogP contribution in [0.3, 0.4) is 0 Å². The molecule has 5 N–H and O–H groups in total. The first-order chi connectivity index (χ1) is 15.8. The van der Waals surface area contributed by atoms with E-state index in [0.717, 1.165) is 18.9 Å². The van der Waals surface area contributed by atoms with E-state index in [4.69, 9.17) is 23.1 Å². The number of pyridine rings is 1. The van der Waals surface area contributed by atoms with Gasteiger partial charge in [0, 0.05) is 42.0 Å². The molecule has 2 aromatic carbocycles. The molecular weight excluding hydrogens is 453 g/mol. The highest BCUT2D eigenvalue weighted by Gasteiger charge is 2.27. The summed E-state index contributed by atoms with van der Waals surface area (Å²) in [4.78, 5) is 13.8. The van der Waals surface area contributed by atoms with E-state index in [-0.39, 0.29) is 28.2 Å². The number of nitrogens with one attached hydrogen (secondary N) is 1. The number of nitrogens with zero attached hydrogens (tertiary/aromatic N) is 3. The summed E-state index contributed by atoms with van der Waals surface area (Å²) in [6.45, 7) is 1.20. The van der Waals surface area contributed by atoms with Gasteiger partial charge in [0.25, 0.3) is 0 Å². The maximum absolute atomic E-state index is 14.5. The third-order valence-corrected chi connectivity index (χ3v) is 6.07. The van der Waals surface area contributed by atoms with E-state index in [1.54, 1.807) is 6.07 Å². The van der Waals surface area contributed by atoms with E-state index in [1.807, 2.05) is 4.90 Å². The van der Waals surface area contributed by atoms with Crippen molar-refractivity contribution in [3.63, 3.8) is 0 Å². The van der Waals surface area contributed by atoms with Crippen LogP contribution in [0.1, 0.15) is 12.8 Å². The van der Waals surface area contributed by atoms with E-state index in [2.05, 4.69) is 15.0 Å². The topological polar surface area (TPSA) is 96.8 Å². The summed E-state index contributed by atoms with van der Waals surface area (Å²) in [5.41, 5.74) is 14.7. The Balaban J connectivity index is 1.77. The quantitative estimate of drug-likeness (QED) is 0.395. The summed E-state index contributed by atoms with van der Waals surface area (Å²) in [6.07, 6.45) is 2.93. The highest BCUT2D eigenvalue weighted by Crippen LogP contribution is 2.43. The van der Waals surface area contributed by atoms with Gasteiger partial charge in [0.2, 0.25) is 0 Å². The average Bonchev–Trinajstić information content (AvgIpc) is 3.17. The number of nitrogens with two attached hydrogens (primary N) is 2. The van der Waals surface area contributed by atoms with Crippen molar-refractivity contribution in [1.29, 1.82) is 0 Å². The standard InChI is InChI=1S/C23H20ClF3N6/c24-12-7-17(27)20-18(8-12)31-23(32-20)19-21(33-3-1-15(28)2-4-33)16(10-30-22(19)29)11-5-13(25)9-14(26)6-11/h5-10,15H,1-4,28H2,(H2,29,30)(H,31,32). The number of fused-ring (bicyclic) bond motifs is 1. The Hall–Kier alpha value is -3.30. The van der Waals surface area contributed by atoms with Gasteiger partial charge in [-0.15, -0.1) is 0 Å². The fraction of sp³-hybridized carbons (Fsp3) is 0.217. The van der Waals surface area contributed by atoms with Crippen LogP contribution >= 0.6 is 11.6 Å². The van der Waals surface area contributed by atoms with Gasteiger partial charge in [0.15, 0.2) is 5.82 Å². The van der Waals surface area contributed by atoms with Crippen LogP contribution in [-0.2, 0) is 0 Å². The number of piperidine rings is 1. The van der Waals surface area contributed by atoms with Crippen molar-refractivity contribution in [2.75, 3.05) is 23.7 Å². The lowest BCUT2D eigenvalue weighted by Gasteiger charge is -2.34. The molecule has 1 fully saturated rings. The number of imidazole rings is 1. The number of aromatic amines is 1. The first-order valence-electron chi connectivity index (χ1n) is 10.4. The normalized spacial score (nSPS) is 14.9. The number of H-pyrrole nitrogens is 1. The Morgan fingerprint density at radius 1 is 1.03 bits per heavy atom. The van der Waals surface area contributed by atoms with Gasteiger partial charge >= 0.3 is 0 Å². The summed E-state index contributed by atoms with van der Waals surface area (Å²) in [7, 11) is 0. The van der Waals surface area contributed by atoms with Crippen molar-refractivity contribution in [1.82, 2.24) is 15.0 Å². The van der Waals surface area contributed by atoms with Crippen LogP contribution in [0, 0.1) is 17.5 Å². The molecule has 1 aliphatic heterocycles. The van der Waals surface area contributed by atoms with Crippen LogP contribution in [0.5, 0.6) is 0 Å². The first kappa shape index (κ1) is 21.5. The third kappa shape index (κ3) is 3.98. The predicted molar refractivity (Wildman–Crippen MR) is 123 cm³/mol. The van der Waals surface area contributed by atoms with Gasteiger partial charge in [0.05, 0.1) is 16.8 Å². The van der Waals surface area contributed by atoms with E-state index >= 15 is 0 Å². The molecule has 0 bridgehead atoms. The second-order valence-electron chi connectivity index (χ2n) is 8.13. The van der Waals surface area contributed by atoms with Gasteiger partial charge in [-0.05, 0) is 42.7 Å². The summed E-state index contributed by atoms with van der Waals surface area (Å²) in [6, 6.07) is 6.07. The highest BCUT2D eigenvalue weighted by atomic mass is 35.5. The number of rotatable bonds is 3. The number of hydrogen-bond acceptors (Lipinski definition) is 5. The van der Waals surface area contributed by atoms with E-state index < -0.39 is 17.5 Å². The third-order valence-electron chi connectivity index (χ3n) is 5.85. The molecule has 0 aliphatic carbocycles. The van der Waals surface area contributed by atoms with E-state index in [9.17, 15) is 13.2 Å². The van der Waals surface area contributed by atoms with Gasteiger partial charge in [-0.2, -0.15) is 0 Å². The van der Waals surface area contributed by atoms with Crippen molar-refractivity contribution < 1.29 is 13.2 Å². The van der Waals surface area contributed by atoms with E-state index in [1.165, 1.54) is 24.4 Å². The molecule has 2 aromatic heterocycles. The van der Waals surface area contributed by atoms with Gasteiger partial charge in [-0.3, -0.25) is 0 Å². The Bertz CT molecular complexity index is 1340. The molecule has 0 amide bonds. The summed E-state index contributed by atoms with van der Waals surface area (Å²) in [5.74, 6) is -1.59. The molecule has 4 aromatic rings. The molecule has 33 heavy (non-hydrogen) atoms. The highest BCUT2D eigenvalue weighted by molar-refractivity contribution is 6.31. The van der Waals surface area contributed by atoms with E-state index in [0.29, 0.717) is 41.0 Å². The molecule has 10 heteroatoms. The van der Waals surface area contributed by atoms with Crippen molar-refractivity contribution in [3.8, 4) is 22.5 Å². The fourth-order valence-electron chi connectivity index (χ4n) is 4.28. The Morgan fingerprint density at radius 3 is 2.42 bits per heavy atom. The van der Waals surface area contributed by atoms with Crippen LogP contribution in [-0.4, -0.2) is 34.1 Å². The number of halogens is 4. The zero-order valence-corrected chi connectivity index (χ0v) is 18.1. The molecule has 0 unspecified atom stereocenters. The van der Waals surface area contributed by atoms with Crippen LogP contribution in [0.15, 0.2) is 36.5 Å². The fourth-order valence-corrected chi connectivity index (χ4v) is 4.49.